The Morgan fingerprint density at radius 2 is 2.45 bits per heavy atom. The van der Waals surface area contributed by atoms with E-state index in [1.165, 1.54) is 7.11 Å². The van der Waals surface area contributed by atoms with Gasteiger partial charge in [-0.25, -0.2) is 9.59 Å². The molecule has 0 fully saturated rings. The minimum absolute atomic E-state index is 0.377. The first-order valence-corrected chi connectivity index (χ1v) is 4.16. The van der Waals surface area contributed by atoms with Crippen molar-refractivity contribution in [3.05, 3.63) is 22.5 Å². The summed E-state index contributed by atoms with van der Waals surface area (Å²) in [5.41, 5.74) is 0. The summed E-state index contributed by atoms with van der Waals surface area (Å²) in [4.78, 5) is 21.5. The van der Waals surface area contributed by atoms with Crippen molar-refractivity contribution in [1.82, 2.24) is 0 Å². The fourth-order valence-corrected chi connectivity index (χ4v) is 1.70. The van der Waals surface area contributed by atoms with Crippen LogP contribution in [0.1, 0.15) is 0 Å². The van der Waals surface area contributed by atoms with Crippen LogP contribution in [0.4, 0.5) is 0 Å². The number of rotatable bonds is 1. The fourth-order valence-electron chi connectivity index (χ4n) is 0.683. The number of carbonyl (C=O) groups is 1. The highest BCUT2D eigenvalue weighted by atomic mass is 32.2. The summed E-state index contributed by atoms with van der Waals surface area (Å²) in [5.74, 6) is -0.457. The maximum absolute atomic E-state index is 10.9. The number of allylic oxidation sites excluding steroid dienone is 2. The summed E-state index contributed by atoms with van der Waals surface area (Å²) in [6.45, 7) is 0. The largest absolute Gasteiger partial charge is 0.465 e. The Balaban J connectivity index is 2.93. The standard InChI is InChI=1S/C7H6O3S/c1-10-7(9)6-3-2-4-11(6)5-8/h2-4H,1H3. The van der Waals surface area contributed by atoms with Gasteiger partial charge in [0.2, 0.25) is 0 Å². The van der Waals surface area contributed by atoms with Crippen LogP contribution in [0, 0.1) is 0 Å². The van der Waals surface area contributed by atoms with Crippen molar-refractivity contribution in [2.75, 3.05) is 7.11 Å². The molecule has 3 nitrogen and oxygen atoms in total. The Labute approximate surface area is 66.3 Å². The average molecular weight is 170 g/mol. The van der Waals surface area contributed by atoms with E-state index < -0.39 is 16.5 Å². The van der Waals surface area contributed by atoms with Crippen LogP contribution >= 0.6 is 10.5 Å². The number of hydrogen-bond acceptors (Lipinski definition) is 3. The van der Waals surface area contributed by atoms with Crippen molar-refractivity contribution in [2.45, 2.75) is 0 Å². The summed E-state index contributed by atoms with van der Waals surface area (Å²) in [5, 5.41) is 3.38. The monoisotopic (exact) mass is 170 g/mol. The van der Waals surface area contributed by atoms with Crippen molar-refractivity contribution >= 4 is 21.7 Å². The molecule has 0 saturated carbocycles. The number of ether oxygens (including phenoxy) is 1. The quantitative estimate of drug-likeness (QED) is 0.434. The summed E-state index contributed by atoms with van der Waals surface area (Å²) >= 11 is 0. The molecule has 0 spiro atoms. The van der Waals surface area contributed by atoms with Gasteiger partial charge >= 0.3 is 5.97 Å². The Morgan fingerprint density at radius 1 is 1.73 bits per heavy atom. The van der Waals surface area contributed by atoms with Gasteiger partial charge in [0.1, 0.15) is 4.91 Å². The molecule has 11 heavy (non-hydrogen) atoms. The molecule has 4 heteroatoms. The highest BCUT2D eigenvalue weighted by molar-refractivity contribution is 8.21. The number of methoxy groups -OCH3 is 1. The number of esters is 1. The maximum atomic E-state index is 10.9. The molecule has 0 amide bonds. The zero-order chi connectivity index (χ0) is 8.27. The molecule has 1 rings (SSSR count). The van der Waals surface area contributed by atoms with E-state index in [1.807, 2.05) is 0 Å². The Bertz CT molecular complexity index is 295. The van der Waals surface area contributed by atoms with E-state index >= 15 is 0 Å². The van der Waals surface area contributed by atoms with Gasteiger partial charge in [-0.05, 0) is 22.0 Å². The Morgan fingerprint density at radius 3 is 3.00 bits per heavy atom. The molecule has 58 valence electrons. The van der Waals surface area contributed by atoms with Crippen LogP contribution < -0.4 is 0 Å². The first-order chi connectivity index (χ1) is 5.29. The van der Waals surface area contributed by atoms with Crippen LogP contribution in [-0.4, -0.2) is 18.3 Å². The molecular formula is C7H6O3S. The molecule has 0 aromatic rings. The topological polar surface area (TPSA) is 43.4 Å². The van der Waals surface area contributed by atoms with Crippen LogP contribution in [0.15, 0.2) is 22.5 Å². The van der Waals surface area contributed by atoms with Gasteiger partial charge < -0.3 is 4.74 Å². The van der Waals surface area contributed by atoms with Crippen LogP contribution in [0.2, 0.25) is 0 Å². The van der Waals surface area contributed by atoms with Crippen LogP contribution in [0.3, 0.4) is 0 Å². The van der Waals surface area contributed by atoms with Crippen molar-refractivity contribution in [1.29, 1.82) is 0 Å². The number of hydrogen-bond donors (Lipinski definition) is 0. The van der Waals surface area contributed by atoms with E-state index in [9.17, 15) is 9.59 Å². The summed E-state index contributed by atoms with van der Waals surface area (Å²) in [6, 6.07) is 0. The van der Waals surface area contributed by atoms with E-state index in [2.05, 4.69) is 4.74 Å². The van der Waals surface area contributed by atoms with Crippen LogP contribution in [0.25, 0.3) is 0 Å². The van der Waals surface area contributed by atoms with E-state index in [0.29, 0.717) is 4.91 Å². The summed E-state index contributed by atoms with van der Waals surface area (Å²) in [6.07, 6.45) is 3.22. The Hall–Kier alpha value is -1.12. The summed E-state index contributed by atoms with van der Waals surface area (Å²) in [7, 11) is 0.484. The third-order valence-corrected chi connectivity index (χ3v) is 2.56. The van der Waals surface area contributed by atoms with Gasteiger partial charge in [-0.1, -0.05) is 6.08 Å². The zero-order valence-electron chi connectivity index (χ0n) is 5.87. The molecule has 0 aliphatic carbocycles. The van der Waals surface area contributed by atoms with E-state index in [0.717, 1.165) is 0 Å². The highest BCUT2D eigenvalue weighted by Gasteiger charge is 2.15. The lowest BCUT2D eigenvalue weighted by Gasteiger charge is -1.97. The normalized spacial score (nSPS) is 20.8. The third-order valence-electron chi connectivity index (χ3n) is 1.18. The van der Waals surface area contributed by atoms with Gasteiger partial charge in [-0.3, -0.25) is 0 Å². The first-order valence-electron chi connectivity index (χ1n) is 2.87. The van der Waals surface area contributed by atoms with Gasteiger partial charge in [-0.15, -0.1) is 0 Å². The second-order valence-electron chi connectivity index (χ2n) is 1.77. The molecule has 1 aliphatic rings. The van der Waals surface area contributed by atoms with Crippen molar-refractivity contribution < 1.29 is 14.3 Å². The van der Waals surface area contributed by atoms with Gasteiger partial charge in [0.15, 0.2) is 5.23 Å². The smallest absolute Gasteiger partial charge is 0.344 e. The van der Waals surface area contributed by atoms with E-state index in [1.54, 1.807) is 22.8 Å². The summed E-state index contributed by atoms with van der Waals surface area (Å²) < 4.78 is 4.45. The van der Waals surface area contributed by atoms with E-state index in [-0.39, 0.29) is 0 Å². The van der Waals surface area contributed by atoms with Gasteiger partial charge in [0.25, 0.3) is 0 Å². The molecule has 1 unspecified atom stereocenters. The lowest BCUT2D eigenvalue weighted by atomic mass is 10.5. The molecule has 0 aromatic carbocycles. The predicted octanol–water partition coefficient (Wildman–Crippen LogP) is 0.907. The molecule has 0 saturated heterocycles. The van der Waals surface area contributed by atoms with E-state index in [4.69, 9.17) is 0 Å². The minimum atomic E-state index is -0.802. The Kier molecular flexibility index (Phi) is 2.41. The predicted molar refractivity (Wildman–Crippen MR) is 42.5 cm³/mol. The molecular weight excluding hydrogens is 164 g/mol. The average Bonchev–Trinajstić information content (AvgIpc) is 2.50. The lowest BCUT2D eigenvalue weighted by Crippen LogP contribution is -2.00. The SMILES string of the molecule is COC(=O)C1=CC=CS1=C=O. The maximum Gasteiger partial charge on any atom is 0.344 e. The van der Waals surface area contributed by atoms with Crippen LogP contribution in [-0.2, 0) is 14.3 Å². The lowest BCUT2D eigenvalue weighted by molar-refractivity contribution is -0.135. The molecule has 0 bridgehead atoms. The highest BCUT2D eigenvalue weighted by Crippen LogP contribution is 2.30. The minimum Gasteiger partial charge on any atom is -0.465 e. The number of carbonyl (C=O) groups excluding carboxylic acids is 2. The van der Waals surface area contributed by atoms with Crippen LogP contribution in [0.5, 0.6) is 0 Å². The van der Waals surface area contributed by atoms with Gasteiger partial charge in [-0.2, -0.15) is 0 Å². The first kappa shape index (κ1) is 7.98. The fraction of sp³-hybridized carbons (Fsp3) is 0.143. The molecule has 1 aliphatic heterocycles. The van der Waals surface area contributed by atoms with Crippen molar-refractivity contribution in [2.24, 2.45) is 0 Å². The molecule has 0 radical (unpaired) electrons. The molecule has 1 heterocycles. The van der Waals surface area contributed by atoms with Crippen molar-refractivity contribution in [3.8, 4) is 0 Å². The zero-order valence-corrected chi connectivity index (χ0v) is 6.68. The third kappa shape index (κ3) is 1.48. The molecule has 1 atom stereocenters. The second-order valence-corrected chi connectivity index (χ2v) is 3.33. The van der Waals surface area contributed by atoms with Crippen molar-refractivity contribution in [3.63, 3.8) is 0 Å². The molecule has 0 N–H and O–H groups in total. The van der Waals surface area contributed by atoms with Gasteiger partial charge in [0.05, 0.1) is 7.11 Å². The molecule has 0 aromatic heterocycles. The second kappa shape index (κ2) is 3.32. The van der Waals surface area contributed by atoms with Gasteiger partial charge in [0, 0.05) is 0 Å².